The van der Waals surface area contributed by atoms with Crippen LogP contribution < -0.4 is 5.73 Å². The van der Waals surface area contributed by atoms with Crippen LogP contribution in [0.1, 0.15) is 17.7 Å². The van der Waals surface area contributed by atoms with Crippen LogP contribution in [0.15, 0.2) is 23.1 Å². The smallest absolute Gasteiger partial charge is 0.0449 e. The Labute approximate surface area is 77.8 Å². The molecule has 0 amide bonds. The third-order valence-corrected chi connectivity index (χ3v) is 2.22. The van der Waals surface area contributed by atoms with E-state index >= 15 is 0 Å². The number of hydrogen-bond donors (Lipinski definition) is 3. The van der Waals surface area contributed by atoms with Gasteiger partial charge in [-0.15, -0.1) is 12.6 Å². The van der Waals surface area contributed by atoms with Crippen LogP contribution in [-0.4, -0.2) is 0 Å². The molecule has 1 unspecified atom stereocenters. The molecule has 0 saturated heterocycles. The normalized spacial score (nSPS) is 13.0. The van der Waals surface area contributed by atoms with Crippen molar-refractivity contribution < 1.29 is 0 Å². The number of anilines is 1. The van der Waals surface area contributed by atoms with Gasteiger partial charge in [0.25, 0.3) is 0 Å². The van der Waals surface area contributed by atoms with E-state index in [0.717, 1.165) is 10.5 Å². The van der Waals surface area contributed by atoms with Crippen molar-refractivity contribution >= 4 is 30.9 Å². The van der Waals surface area contributed by atoms with Crippen molar-refractivity contribution in [2.45, 2.75) is 17.1 Å². The summed E-state index contributed by atoms with van der Waals surface area (Å²) in [5.41, 5.74) is 7.45. The highest BCUT2D eigenvalue weighted by molar-refractivity contribution is 7.80. The molecule has 0 aromatic heterocycles. The van der Waals surface area contributed by atoms with Crippen molar-refractivity contribution in [2.24, 2.45) is 0 Å². The van der Waals surface area contributed by atoms with E-state index < -0.39 is 0 Å². The zero-order valence-electron chi connectivity index (χ0n) is 6.28. The van der Waals surface area contributed by atoms with Crippen molar-refractivity contribution in [3.63, 3.8) is 0 Å². The standard InChI is InChI=1S/C8H11NS2/c1-5(10)6-2-3-7(9)8(11)4-6/h2-5,10-11H,9H2,1H3. The van der Waals surface area contributed by atoms with E-state index in [-0.39, 0.29) is 5.25 Å². The summed E-state index contributed by atoms with van der Waals surface area (Å²) in [5, 5.41) is 0.237. The molecule has 1 aromatic carbocycles. The Balaban J connectivity index is 3.05. The van der Waals surface area contributed by atoms with Crippen molar-refractivity contribution in [3.8, 4) is 0 Å². The molecule has 0 heterocycles. The lowest BCUT2D eigenvalue weighted by Crippen LogP contribution is -1.89. The van der Waals surface area contributed by atoms with E-state index in [9.17, 15) is 0 Å². The lowest BCUT2D eigenvalue weighted by Gasteiger charge is -2.06. The topological polar surface area (TPSA) is 26.0 Å². The first kappa shape index (κ1) is 8.81. The highest BCUT2D eigenvalue weighted by Gasteiger charge is 2.00. The SMILES string of the molecule is CC(S)c1ccc(N)c(S)c1. The molecule has 1 aromatic rings. The fourth-order valence-electron chi connectivity index (χ4n) is 0.821. The minimum absolute atomic E-state index is 0.237. The monoisotopic (exact) mass is 185 g/mol. The van der Waals surface area contributed by atoms with E-state index in [0.29, 0.717) is 5.69 Å². The van der Waals surface area contributed by atoms with Crippen molar-refractivity contribution in [1.29, 1.82) is 0 Å². The Hall–Kier alpha value is -0.280. The van der Waals surface area contributed by atoms with E-state index in [1.54, 1.807) is 0 Å². The van der Waals surface area contributed by atoms with Crippen molar-refractivity contribution in [2.75, 3.05) is 5.73 Å². The van der Waals surface area contributed by atoms with Gasteiger partial charge in [0, 0.05) is 15.8 Å². The molecule has 1 nitrogen and oxygen atoms in total. The lowest BCUT2D eigenvalue weighted by atomic mass is 10.1. The Morgan fingerprint density at radius 2 is 2.09 bits per heavy atom. The highest BCUT2D eigenvalue weighted by atomic mass is 32.1. The third-order valence-electron chi connectivity index (χ3n) is 1.54. The Kier molecular flexibility index (Phi) is 2.73. The maximum absolute atomic E-state index is 5.59. The summed E-state index contributed by atoms with van der Waals surface area (Å²) in [5.74, 6) is 0. The summed E-state index contributed by atoms with van der Waals surface area (Å²) in [6, 6.07) is 5.76. The minimum Gasteiger partial charge on any atom is -0.398 e. The molecule has 2 N–H and O–H groups in total. The Bertz CT molecular complexity index is 258. The molecular formula is C8H11NS2. The van der Waals surface area contributed by atoms with Gasteiger partial charge >= 0.3 is 0 Å². The number of thiol groups is 2. The van der Waals surface area contributed by atoms with Gasteiger partial charge in [-0.05, 0) is 24.6 Å². The largest absolute Gasteiger partial charge is 0.398 e. The number of hydrogen-bond acceptors (Lipinski definition) is 3. The fourth-order valence-corrected chi connectivity index (χ4v) is 1.20. The molecule has 0 saturated carbocycles. The molecule has 0 bridgehead atoms. The maximum Gasteiger partial charge on any atom is 0.0449 e. The van der Waals surface area contributed by atoms with Crippen molar-refractivity contribution in [3.05, 3.63) is 23.8 Å². The molecule has 60 valence electrons. The van der Waals surface area contributed by atoms with Crippen LogP contribution in [0.5, 0.6) is 0 Å². The van der Waals surface area contributed by atoms with Gasteiger partial charge in [-0.2, -0.15) is 12.6 Å². The maximum atomic E-state index is 5.59. The van der Waals surface area contributed by atoms with Crippen LogP contribution in [0.3, 0.4) is 0 Å². The van der Waals surface area contributed by atoms with Gasteiger partial charge in [0.15, 0.2) is 0 Å². The predicted octanol–water partition coefficient (Wildman–Crippen LogP) is 2.55. The number of nitrogens with two attached hydrogens (primary N) is 1. The molecule has 0 aliphatic carbocycles. The first-order valence-corrected chi connectivity index (χ1v) is 4.34. The summed E-state index contributed by atoms with van der Waals surface area (Å²) in [6.45, 7) is 2.02. The fraction of sp³-hybridized carbons (Fsp3) is 0.250. The van der Waals surface area contributed by atoms with Crippen LogP contribution in [0.2, 0.25) is 0 Å². The quantitative estimate of drug-likeness (QED) is 0.455. The van der Waals surface area contributed by atoms with Gasteiger partial charge in [-0.1, -0.05) is 6.07 Å². The molecule has 3 heteroatoms. The van der Waals surface area contributed by atoms with E-state index in [1.807, 2.05) is 25.1 Å². The van der Waals surface area contributed by atoms with E-state index in [4.69, 9.17) is 5.73 Å². The second kappa shape index (κ2) is 3.41. The van der Waals surface area contributed by atoms with Crippen molar-refractivity contribution in [1.82, 2.24) is 0 Å². The zero-order valence-corrected chi connectivity index (χ0v) is 8.07. The Morgan fingerprint density at radius 3 is 2.55 bits per heavy atom. The van der Waals surface area contributed by atoms with Gasteiger partial charge in [0.2, 0.25) is 0 Å². The summed E-state index contributed by atoms with van der Waals surface area (Å²) < 4.78 is 0. The second-order valence-electron chi connectivity index (χ2n) is 2.49. The predicted molar refractivity (Wildman–Crippen MR) is 55.5 cm³/mol. The van der Waals surface area contributed by atoms with E-state index in [1.165, 1.54) is 0 Å². The van der Waals surface area contributed by atoms with Crippen LogP contribution in [0.4, 0.5) is 5.69 Å². The molecule has 11 heavy (non-hydrogen) atoms. The molecule has 0 aliphatic rings. The molecule has 1 atom stereocenters. The average molecular weight is 185 g/mol. The lowest BCUT2D eigenvalue weighted by molar-refractivity contribution is 1.10. The summed E-state index contributed by atoms with van der Waals surface area (Å²) in [7, 11) is 0. The molecular weight excluding hydrogens is 174 g/mol. The van der Waals surface area contributed by atoms with E-state index in [2.05, 4.69) is 25.3 Å². The third kappa shape index (κ3) is 2.07. The van der Waals surface area contributed by atoms with Gasteiger partial charge in [0.1, 0.15) is 0 Å². The van der Waals surface area contributed by atoms with Crippen LogP contribution in [0, 0.1) is 0 Å². The first-order valence-electron chi connectivity index (χ1n) is 3.37. The van der Waals surface area contributed by atoms with Crippen LogP contribution in [-0.2, 0) is 0 Å². The number of nitrogen functional groups attached to an aromatic ring is 1. The summed E-state index contributed by atoms with van der Waals surface area (Å²) >= 11 is 8.50. The Morgan fingerprint density at radius 1 is 1.45 bits per heavy atom. The zero-order chi connectivity index (χ0) is 8.43. The first-order chi connectivity index (χ1) is 5.11. The van der Waals surface area contributed by atoms with Crippen LogP contribution in [0.25, 0.3) is 0 Å². The summed E-state index contributed by atoms with van der Waals surface area (Å²) in [4.78, 5) is 0.823. The molecule has 1 rings (SSSR count). The highest BCUT2D eigenvalue weighted by Crippen LogP contribution is 2.24. The second-order valence-corrected chi connectivity index (χ2v) is 3.75. The molecule has 0 fully saturated rings. The molecule has 0 radical (unpaired) electrons. The van der Waals surface area contributed by atoms with Gasteiger partial charge in [-0.3, -0.25) is 0 Å². The molecule has 0 spiro atoms. The summed E-state index contributed by atoms with van der Waals surface area (Å²) in [6.07, 6.45) is 0. The van der Waals surface area contributed by atoms with Gasteiger partial charge < -0.3 is 5.73 Å². The number of rotatable bonds is 1. The van der Waals surface area contributed by atoms with Gasteiger partial charge in [-0.25, -0.2) is 0 Å². The minimum atomic E-state index is 0.237. The van der Waals surface area contributed by atoms with Crippen LogP contribution >= 0.6 is 25.3 Å². The average Bonchev–Trinajstić information content (AvgIpc) is 1.94. The number of benzene rings is 1. The molecule has 0 aliphatic heterocycles. The van der Waals surface area contributed by atoms with Gasteiger partial charge in [0.05, 0.1) is 0 Å².